The van der Waals surface area contributed by atoms with Crippen molar-refractivity contribution in [2.75, 3.05) is 43.4 Å². The summed E-state index contributed by atoms with van der Waals surface area (Å²) in [5, 5.41) is 14.2. The second-order valence-electron chi connectivity index (χ2n) is 6.49. The van der Waals surface area contributed by atoms with Crippen molar-refractivity contribution in [2.45, 2.75) is 6.92 Å². The highest BCUT2D eigenvalue weighted by molar-refractivity contribution is 6.08. The van der Waals surface area contributed by atoms with E-state index in [9.17, 15) is 14.9 Å². The Morgan fingerprint density at radius 2 is 1.77 bits per heavy atom. The summed E-state index contributed by atoms with van der Waals surface area (Å²) in [4.78, 5) is 28.1. The quantitative estimate of drug-likeness (QED) is 0.675. The van der Waals surface area contributed by atoms with E-state index in [2.05, 4.69) is 22.2 Å². The molecule has 2 aromatic rings. The van der Waals surface area contributed by atoms with Gasteiger partial charge in [-0.25, -0.2) is 0 Å². The number of carbonyl (C=O) groups is 1. The normalized spacial score (nSPS) is 14.9. The van der Waals surface area contributed by atoms with E-state index in [1.807, 2.05) is 24.3 Å². The number of likely N-dealkylation sites (N-methyl/N-ethyl adjacent to an activating group) is 1. The van der Waals surface area contributed by atoms with E-state index in [-0.39, 0.29) is 11.3 Å². The summed E-state index contributed by atoms with van der Waals surface area (Å²) < 4.78 is 0. The molecule has 1 amide bonds. The SMILES string of the molecule is Cc1cccc(C(=O)Nc2ccccc2N2CCN(C)CC2)c1[N+](=O)[O-]. The Morgan fingerprint density at radius 3 is 2.46 bits per heavy atom. The summed E-state index contributed by atoms with van der Waals surface area (Å²) in [7, 11) is 2.09. The second-order valence-corrected chi connectivity index (χ2v) is 6.49. The first kappa shape index (κ1) is 17.9. The minimum absolute atomic E-state index is 0.0724. The van der Waals surface area contributed by atoms with Crippen LogP contribution in [0.25, 0.3) is 0 Å². The molecule has 7 heteroatoms. The Morgan fingerprint density at radius 1 is 1.08 bits per heavy atom. The van der Waals surface area contributed by atoms with Crippen molar-refractivity contribution < 1.29 is 9.72 Å². The van der Waals surface area contributed by atoms with E-state index < -0.39 is 10.8 Å². The second kappa shape index (κ2) is 7.53. The summed E-state index contributed by atoms with van der Waals surface area (Å²) in [6.07, 6.45) is 0. The number of rotatable bonds is 4. The number of amides is 1. The van der Waals surface area contributed by atoms with E-state index in [4.69, 9.17) is 0 Å². The average molecular weight is 354 g/mol. The van der Waals surface area contributed by atoms with Crippen molar-refractivity contribution in [3.05, 3.63) is 63.7 Å². The maximum atomic E-state index is 12.7. The van der Waals surface area contributed by atoms with Crippen LogP contribution in [0.4, 0.5) is 17.1 Å². The van der Waals surface area contributed by atoms with Gasteiger partial charge < -0.3 is 15.1 Å². The number of nitro groups is 1. The largest absolute Gasteiger partial charge is 0.367 e. The van der Waals surface area contributed by atoms with Crippen LogP contribution >= 0.6 is 0 Å². The van der Waals surface area contributed by atoms with Gasteiger partial charge in [0, 0.05) is 31.7 Å². The van der Waals surface area contributed by atoms with Crippen molar-refractivity contribution in [3.63, 3.8) is 0 Å². The third-order valence-electron chi connectivity index (χ3n) is 4.66. The topological polar surface area (TPSA) is 78.7 Å². The van der Waals surface area contributed by atoms with Gasteiger partial charge in [0.1, 0.15) is 5.56 Å². The third-order valence-corrected chi connectivity index (χ3v) is 4.66. The molecular formula is C19H22N4O3. The van der Waals surface area contributed by atoms with Crippen molar-refractivity contribution in [1.82, 2.24) is 4.90 Å². The third kappa shape index (κ3) is 3.67. The average Bonchev–Trinajstić information content (AvgIpc) is 2.62. The van der Waals surface area contributed by atoms with Crippen LogP contribution in [0, 0.1) is 17.0 Å². The maximum Gasteiger partial charge on any atom is 0.285 e. The zero-order valence-corrected chi connectivity index (χ0v) is 14.9. The Hall–Kier alpha value is -2.93. The molecule has 0 saturated carbocycles. The summed E-state index contributed by atoms with van der Waals surface area (Å²) in [6, 6.07) is 12.3. The number of anilines is 2. The number of nitrogens with zero attached hydrogens (tertiary/aromatic N) is 3. The van der Waals surface area contributed by atoms with Crippen molar-refractivity contribution >= 4 is 23.0 Å². The summed E-state index contributed by atoms with van der Waals surface area (Å²) in [5.74, 6) is -0.470. The lowest BCUT2D eigenvalue weighted by atomic mass is 10.1. The van der Waals surface area contributed by atoms with Crippen molar-refractivity contribution in [3.8, 4) is 0 Å². The lowest BCUT2D eigenvalue weighted by molar-refractivity contribution is -0.385. The highest BCUT2D eigenvalue weighted by Crippen LogP contribution is 2.29. The number of nitrogens with one attached hydrogen (secondary N) is 1. The van der Waals surface area contributed by atoms with Crippen LogP contribution in [0.5, 0.6) is 0 Å². The van der Waals surface area contributed by atoms with E-state index in [0.717, 1.165) is 31.9 Å². The Bertz CT molecular complexity index is 829. The minimum atomic E-state index is -0.503. The van der Waals surface area contributed by atoms with Crippen LogP contribution in [-0.4, -0.2) is 49.0 Å². The van der Waals surface area contributed by atoms with E-state index >= 15 is 0 Å². The number of carbonyl (C=O) groups excluding carboxylic acids is 1. The molecule has 2 aromatic carbocycles. The fourth-order valence-electron chi connectivity index (χ4n) is 3.18. The molecule has 0 atom stereocenters. The number of hydrogen-bond donors (Lipinski definition) is 1. The van der Waals surface area contributed by atoms with Crippen LogP contribution < -0.4 is 10.2 Å². The van der Waals surface area contributed by atoms with E-state index in [1.165, 1.54) is 6.07 Å². The van der Waals surface area contributed by atoms with Crippen LogP contribution in [0.15, 0.2) is 42.5 Å². The molecule has 0 aliphatic carbocycles. The molecule has 0 unspecified atom stereocenters. The van der Waals surface area contributed by atoms with Crippen molar-refractivity contribution in [2.24, 2.45) is 0 Å². The lowest BCUT2D eigenvalue weighted by Crippen LogP contribution is -2.44. The molecule has 1 aliphatic heterocycles. The Labute approximate surface area is 152 Å². The molecular weight excluding hydrogens is 332 g/mol. The lowest BCUT2D eigenvalue weighted by Gasteiger charge is -2.35. The molecule has 0 radical (unpaired) electrons. The number of para-hydroxylation sites is 3. The van der Waals surface area contributed by atoms with Gasteiger partial charge in [-0.2, -0.15) is 0 Å². The highest BCUT2D eigenvalue weighted by atomic mass is 16.6. The molecule has 1 saturated heterocycles. The number of aryl methyl sites for hydroxylation is 1. The zero-order valence-electron chi connectivity index (χ0n) is 14.9. The van der Waals surface area contributed by atoms with E-state index in [1.54, 1.807) is 19.1 Å². The molecule has 1 aliphatic rings. The van der Waals surface area contributed by atoms with Crippen LogP contribution in [-0.2, 0) is 0 Å². The monoisotopic (exact) mass is 354 g/mol. The van der Waals surface area contributed by atoms with Gasteiger partial charge in [0.2, 0.25) is 0 Å². The van der Waals surface area contributed by atoms with Crippen LogP contribution in [0.2, 0.25) is 0 Å². The summed E-state index contributed by atoms with van der Waals surface area (Å²) >= 11 is 0. The molecule has 0 aromatic heterocycles. The van der Waals surface area contributed by atoms with Crippen LogP contribution in [0.3, 0.4) is 0 Å². The van der Waals surface area contributed by atoms with Gasteiger partial charge in [-0.15, -0.1) is 0 Å². The molecule has 1 heterocycles. The molecule has 1 fully saturated rings. The Balaban J connectivity index is 1.87. The molecule has 1 N–H and O–H groups in total. The molecule has 0 bridgehead atoms. The minimum Gasteiger partial charge on any atom is -0.367 e. The first-order chi connectivity index (χ1) is 12.5. The van der Waals surface area contributed by atoms with Gasteiger partial charge >= 0.3 is 0 Å². The number of benzene rings is 2. The zero-order chi connectivity index (χ0) is 18.7. The Kier molecular flexibility index (Phi) is 5.18. The summed E-state index contributed by atoms with van der Waals surface area (Å²) in [6.45, 7) is 5.27. The first-order valence-electron chi connectivity index (χ1n) is 8.55. The summed E-state index contributed by atoms with van der Waals surface area (Å²) in [5.41, 5.74) is 1.99. The van der Waals surface area contributed by atoms with Crippen LogP contribution in [0.1, 0.15) is 15.9 Å². The standard InChI is InChI=1S/C19H22N4O3/c1-14-6-5-7-15(18(14)23(25)26)19(24)20-16-8-3-4-9-17(16)22-12-10-21(2)11-13-22/h3-9H,10-13H2,1-2H3,(H,20,24). The number of nitro benzene ring substituents is 1. The van der Waals surface area contributed by atoms with Gasteiger partial charge in [-0.1, -0.05) is 24.3 Å². The maximum absolute atomic E-state index is 12.7. The number of piperazine rings is 1. The molecule has 26 heavy (non-hydrogen) atoms. The van der Waals surface area contributed by atoms with Crippen molar-refractivity contribution in [1.29, 1.82) is 0 Å². The predicted molar refractivity (Wildman–Crippen MR) is 102 cm³/mol. The van der Waals surface area contributed by atoms with Gasteiger partial charge in [0.05, 0.1) is 16.3 Å². The predicted octanol–water partition coefficient (Wildman–Crippen LogP) is 2.91. The fourth-order valence-corrected chi connectivity index (χ4v) is 3.18. The smallest absolute Gasteiger partial charge is 0.285 e. The van der Waals surface area contributed by atoms with Gasteiger partial charge in [-0.05, 0) is 32.2 Å². The van der Waals surface area contributed by atoms with Gasteiger partial charge in [0.25, 0.3) is 11.6 Å². The van der Waals surface area contributed by atoms with Gasteiger partial charge in [0.15, 0.2) is 0 Å². The molecule has 7 nitrogen and oxygen atoms in total. The molecule has 3 rings (SSSR count). The number of hydrogen-bond acceptors (Lipinski definition) is 5. The van der Waals surface area contributed by atoms with Gasteiger partial charge in [-0.3, -0.25) is 14.9 Å². The molecule has 0 spiro atoms. The van der Waals surface area contributed by atoms with E-state index in [0.29, 0.717) is 11.3 Å². The highest BCUT2D eigenvalue weighted by Gasteiger charge is 2.24. The first-order valence-corrected chi connectivity index (χ1v) is 8.55. The fraction of sp³-hybridized carbons (Fsp3) is 0.316. The molecule has 136 valence electrons.